The van der Waals surface area contributed by atoms with Gasteiger partial charge in [0.1, 0.15) is 11.6 Å². The number of piperidine rings is 1. The van der Waals surface area contributed by atoms with Crippen molar-refractivity contribution in [2.24, 2.45) is 0 Å². The molecular formula is C23H22FNO4. The van der Waals surface area contributed by atoms with E-state index in [2.05, 4.69) is 0 Å². The van der Waals surface area contributed by atoms with Gasteiger partial charge in [0.15, 0.2) is 0 Å². The molecule has 1 aliphatic rings. The van der Waals surface area contributed by atoms with Gasteiger partial charge in [-0.25, -0.2) is 9.18 Å². The Bertz CT molecular complexity index is 1020. The average Bonchev–Trinajstić information content (AvgIpc) is 2.74. The molecule has 1 fully saturated rings. The van der Waals surface area contributed by atoms with Gasteiger partial charge in [-0.3, -0.25) is 0 Å². The molecule has 4 rings (SSSR count). The molecule has 5 nitrogen and oxygen atoms in total. The second-order valence-electron chi connectivity index (χ2n) is 7.32. The summed E-state index contributed by atoms with van der Waals surface area (Å²) in [5, 5.41) is 21.7. The van der Waals surface area contributed by atoms with Gasteiger partial charge in [-0.15, -0.1) is 0 Å². The Morgan fingerprint density at radius 3 is 2.62 bits per heavy atom. The normalized spacial score (nSPS) is 19.4. The van der Waals surface area contributed by atoms with Crippen molar-refractivity contribution in [3.8, 4) is 5.75 Å². The summed E-state index contributed by atoms with van der Waals surface area (Å²) in [5.74, 6) is -0.184. The maximum atomic E-state index is 13.3. The van der Waals surface area contributed by atoms with Crippen LogP contribution >= 0.6 is 0 Å². The number of hydrogen-bond acceptors (Lipinski definition) is 3. The van der Waals surface area contributed by atoms with E-state index < -0.39 is 12.2 Å². The lowest BCUT2D eigenvalue weighted by Gasteiger charge is -2.37. The van der Waals surface area contributed by atoms with Gasteiger partial charge in [-0.05, 0) is 29.5 Å². The Kier molecular flexibility index (Phi) is 5.36. The van der Waals surface area contributed by atoms with Gasteiger partial charge in [-0.1, -0.05) is 48.5 Å². The zero-order chi connectivity index (χ0) is 20.4. The van der Waals surface area contributed by atoms with Crippen LogP contribution in [0.3, 0.4) is 0 Å². The Balaban J connectivity index is 1.56. The summed E-state index contributed by atoms with van der Waals surface area (Å²) in [6, 6.07) is 17.6. The summed E-state index contributed by atoms with van der Waals surface area (Å²) in [5.41, 5.74) is 1.57. The van der Waals surface area contributed by atoms with Crippen LogP contribution in [0.25, 0.3) is 10.8 Å². The molecule has 2 unspecified atom stereocenters. The number of likely N-dealkylation sites (tertiary alicyclic amines) is 1. The van der Waals surface area contributed by atoms with Crippen molar-refractivity contribution in [2.45, 2.75) is 25.0 Å². The minimum atomic E-state index is -0.982. The lowest BCUT2D eigenvalue weighted by Crippen LogP contribution is -2.46. The molecule has 1 amide bonds. The highest BCUT2D eigenvalue weighted by atomic mass is 19.1. The van der Waals surface area contributed by atoms with Crippen molar-refractivity contribution in [2.75, 3.05) is 13.1 Å². The predicted molar refractivity (Wildman–Crippen MR) is 108 cm³/mol. The molecule has 2 atom stereocenters. The van der Waals surface area contributed by atoms with Crippen LogP contribution in [0.4, 0.5) is 9.18 Å². The van der Waals surface area contributed by atoms with Crippen LogP contribution in [-0.4, -0.2) is 40.4 Å². The molecule has 150 valence electrons. The number of phenolic OH excluding ortho intramolecular Hbond substituents is 1. The zero-order valence-corrected chi connectivity index (χ0v) is 15.8. The van der Waals surface area contributed by atoms with E-state index in [4.69, 9.17) is 4.74 Å². The third-order valence-corrected chi connectivity index (χ3v) is 5.56. The molecule has 0 radical (unpaired) electrons. The van der Waals surface area contributed by atoms with Gasteiger partial charge in [0, 0.05) is 23.4 Å². The molecule has 0 bridgehead atoms. The van der Waals surface area contributed by atoms with Crippen molar-refractivity contribution in [3.05, 3.63) is 77.6 Å². The summed E-state index contributed by atoms with van der Waals surface area (Å²) in [4.78, 5) is 12.8. The first kappa shape index (κ1) is 19.2. The Labute approximate surface area is 168 Å². The topological polar surface area (TPSA) is 70.0 Å². The van der Waals surface area contributed by atoms with Crippen LogP contribution in [0.2, 0.25) is 0 Å². The lowest BCUT2D eigenvalue weighted by molar-refractivity contribution is -0.0204. The molecule has 1 aliphatic heterocycles. The fourth-order valence-corrected chi connectivity index (χ4v) is 3.96. The molecule has 0 aromatic heterocycles. The van der Waals surface area contributed by atoms with E-state index in [1.54, 1.807) is 12.1 Å². The molecule has 0 saturated carbocycles. The molecule has 3 aromatic rings. The highest BCUT2D eigenvalue weighted by molar-refractivity contribution is 5.89. The van der Waals surface area contributed by atoms with Crippen LogP contribution < -0.4 is 0 Å². The zero-order valence-electron chi connectivity index (χ0n) is 15.8. The molecule has 1 saturated heterocycles. The number of phenols is 1. The van der Waals surface area contributed by atoms with E-state index >= 15 is 0 Å². The van der Waals surface area contributed by atoms with Crippen LogP contribution in [0.1, 0.15) is 23.5 Å². The van der Waals surface area contributed by atoms with Crippen molar-refractivity contribution < 1.29 is 24.1 Å². The van der Waals surface area contributed by atoms with Crippen LogP contribution in [0.5, 0.6) is 5.75 Å². The summed E-state index contributed by atoms with van der Waals surface area (Å²) in [6.07, 6.45) is -0.785. The first-order chi connectivity index (χ1) is 14.0. The number of aromatic hydroxyl groups is 1. The molecule has 0 spiro atoms. The molecular weight excluding hydrogens is 373 g/mol. The van der Waals surface area contributed by atoms with Gasteiger partial charge < -0.3 is 19.8 Å². The minimum absolute atomic E-state index is 0.0474. The Morgan fingerprint density at radius 1 is 1.10 bits per heavy atom. The maximum absolute atomic E-state index is 13.3. The monoisotopic (exact) mass is 395 g/mol. The SMILES string of the molecule is O=C(O)N1CCC(c2ccc(F)cc2)C(OCc2ccc3ccccc3c2O)C1. The van der Waals surface area contributed by atoms with Gasteiger partial charge in [-0.2, -0.15) is 0 Å². The highest BCUT2D eigenvalue weighted by Gasteiger charge is 2.33. The highest BCUT2D eigenvalue weighted by Crippen LogP contribution is 2.33. The number of rotatable bonds is 4. The maximum Gasteiger partial charge on any atom is 0.407 e. The summed E-state index contributed by atoms with van der Waals surface area (Å²) in [6.45, 7) is 0.788. The lowest BCUT2D eigenvalue weighted by atomic mass is 9.87. The number of benzene rings is 3. The number of amides is 1. The summed E-state index contributed by atoms with van der Waals surface area (Å²) < 4.78 is 19.4. The Hall–Kier alpha value is -3.12. The third kappa shape index (κ3) is 4.03. The standard InChI is InChI=1S/C23H22FNO4/c24-18-9-7-16(8-10-18)19-11-12-25(23(27)28)13-21(19)29-14-17-6-5-15-3-1-2-4-20(15)22(17)26/h1-10,19,21,26H,11-14H2,(H,27,28). The quantitative estimate of drug-likeness (QED) is 0.670. The van der Waals surface area contributed by atoms with Gasteiger partial charge in [0.2, 0.25) is 0 Å². The van der Waals surface area contributed by atoms with E-state index in [0.29, 0.717) is 18.5 Å². The molecule has 6 heteroatoms. The fraction of sp³-hybridized carbons (Fsp3) is 0.261. The number of hydrogen-bond donors (Lipinski definition) is 2. The van der Waals surface area contributed by atoms with E-state index in [-0.39, 0.29) is 30.6 Å². The van der Waals surface area contributed by atoms with Gasteiger partial charge in [0.25, 0.3) is 0 Å². The van der Waals surface area contributed by atoms with E-state index in [1.165, 1.54) is 17.0 Å². The van der Waals surface area contributed by atoms with Crippen LogP contribution in [0, 0.1) is 5.82 Å². The molecule has 1 heterocycles. The number of ether oxygens (including phenoxy) is 1. The number of halogens is 1. The Morgan fingerprint density at radius 2 is 1.86 bits per heavy atom. The van der Waals surface area contributed by atoms with Gasteiger partial charge in [0.05, 0.1) is 19.3 Å². The van der Waals surface area contributed by atoms with Crippen molar-refractivity contribution >= 4 is 16.9 Å². The van der Waals surface area contributed by atoms with Crippen LogP contribution in [0.15, 0.2) is 60.7 Å². The largest absolute Gasteiger partial charge is 0.507 e. The van der Waals surface area contributed by atoms with Crippen molar-refractivity contribution in [1.82, 2.24) is 4.90 Å². The van der Waals surface area contributed by atoms with E-state index in [1.807, 2.05) is 36.4 Å². The molecule has 2 N–H and O–H groups in total. The van der Waals surface area contributed by atoms with Crippen molar-refractivity contribution in [3.63, 3.8) is 0 Å². The average molecular weight is 395 g/mol. The van der Waals surface area contributed by atoms with Crippen molar-refractivity contribution in [1.29, 1.82) is 0 Å². The number of carboxylic acid groups (broad SMARTS) is 1. The molecule has 3 aromatic carbocycles. The van der Waals surface area contributed by atoms with E-state index in [0.717, 1.165) is 16.3 Å². The van der Waals surface area contributed by atoms with E-state index in [9.17, 15) is 19.4 Å². The first-order valence-electron chi connectivity index (χ1n) is 9.57. The summed E-state index contributed by atoms with van der Waals surface area (Å²) in [7, 11) is 0. The third-order valence-electron chi connectivity index (χ3n) is 5.56. The minimum Gasteiger partial charge on any atom is -0.507 e. The molecule has 29 heavy (non-hydrogen) atoms. The van der Waals surface area contributed by atoms with Gasteiger partial charge >= 0.3 is 6.09 Å². The number of carbonyl (C=O) groups is 1. The fourth-order valence-electron chi connectivity index (χ4n) is 3.96. The number of nitrogens with zero attached hydrogens (tertiary/aromatic N) is 1. The first-order valence-corrected chi connectivity index (χ1v) is 9.57. The second-order valence-corrected chi connectivity index (χ2v) is 7.32. The molecule has 0 aliphatic carbocycles. The second kappa shape index (κ2) is 8.09. The summed E-state index contributed by atoms with van der Waals surface area (Å²) >= 11 is 0. The van der Waals surface area contributed by atoms with Crippen LogP contribution in [-0.2, 0) is 11.3 Å². The predicted octanol–water partition coefficient (Wildman–Crippen LogP) is 4.74. The smallest absolute Gasteiger partial charge is 0.407 e. The number of fused-ring (bicyclic) bond motifs is 1.